The van der Waals surface area contributed by atoms with Crippen molar-refractivity contribution in [1.29, 1.82) is 0 Å². The van der Waals surface area contributed by atoms with Crippen molar-refractivity contribution in [3.05, 3.63) is 58.7 Å². The molecule has 11 nitrogen and oxygen atoms in total. The maximum Gasteiger partial charge on any atom is 0.408 e. The third-order valence-corrected chi connectivity index (χ3v) is 10.1. The molecule has 2 atom stereocenters. The Morgan fingerprint density at radius 2 is 1.87 bits per heavy atom. The Morgan fingerprint density at radius 1 is 1.17 bits per heavy atom. The average Bonchev–Trinajstić information content (AvgIpc) is 3.71. The zero-order valence-electron chi connectivity index (χ0n) is 25.8. The van der Waals surface area contributed by atoms with Gasteiger partial charge in [-0.05, 0) is 63.4 Å². The van der Waals surface area contributed by atoms with Crippen LogP contribution in [0.25, 0.3) is 11.5 Å². The third-order valence-electron chi connectivity index (χ3n) is 8.09. The second-order valence-corrected chi connectivity index (χ2v) is 15.6. The number of likely N-dealkylation sites (tertiary alicyclic amines) is 1. The Kier molecular flexibility index (Phi) is 8.54. The predicted octanol–water partition coefficient (Wildman–Crippen LogP) is 5.33. The molecule has 0 bridgehead atoms. The van der Waals surface area contributed by atoms with Crippen LogP contribution in [0.1, 0.15) is 57.4 Å². The lowest BCUT2D eigenvalue weighted by Gasteiger charge is -2.36. The molecule has 0 radical (unpaired) electrons. The fourth-order valence-corrected chi connectivity index (χ4v) is 7.61. The second-order valence-electron chi connectivity index (χ2n) is 13.2. The van der Waals surface area contributed by atoms with Crippen LogP contribution in [0.2, 0.25) is 5.02 Å². The maximum absolute atomic E-state index is 15.8. The molecule has 1 unspecified atom stereocenters. The van der Waals surface area contributed by atoms with Crippen molar-refractivity contribution in [3.63, 3.8) is 0 Å². The molecule has 2 amide bonds. The summed E-state index contributed by atoms with van der Waals surface area (Å²) < 4.78 is 83.3. The van der Waals surface area contributed by atoms with Crippen molar-refractivity contribution in [2.24, 2.45) is 0 Å². The quantitative estimate of drug-likeness (QED) is 0.363. The van der Waals surface area contributed by atoms with Crippen molar-refractivity contribution in [2.45, 2.75) is 81.0 Å². The number of alkyl halides is 2. The molecule has 252 valence electrons. The third kappa shape index (κ3) is 7.41. The van der Waals surface area contributed by atoms with Gasteiger partial charge in [-0.1, -0.05) is 23.7 Å². The Morgan fingerprint density at radius 3 is 2.53 bits per heavy atom. The molecule has 3 aromatic rings. The number of amides is 2. The van der Waals surface area contributed by atoms with Crippen molar-refractivity contribution in [3.8, 4) is 11.5 Å². The highest BCUT2D eigenvalue weighted by molar-refractivity contribution is 7.91. The molecular weight excluding hydrogens is 663 g/mol. The summed E-state index contributed by atoms with van der Waals surface area (Å²) in [5.74, 6) is -6.95. The highest BCUT2D eigenvalue weighted by Crippen LogP contribution is 2.42. The molecule has 2 aliphatic heterocycles. The molecule has 1 saturated carbocycles. The van der Waals surface area contributed by atoms with E-state index in [4.69, 9.17) is 20.8 Å². The van der Waals surface area contributed by atoms with E-state index in [1.807, 2.05) is 0 Å². The number of fused-ring (bicyclic) bond motifs is 1. The normalized spacial score (nSPS) is 22.8. The molecule has 2 aromatic carbocycles. The molecule has 1 N–H and O–H groups in total. The number of hydrogen-bond donors (Lipinski definition) is 1. The van der Waals surface area contributed by atoms with E-state index in [9.17, 15) is 26.8 Å². The van der Waals surface area contributed by atoms with Crippen LogP contribution in [0.15, 0.2) is 45.7 Å². The van der Waals surface area contributed by atoms with Gasteiger partial charge in [-0.25, -0.2) is 26.4 Å². The van der Waals surface area contributed by atoms with E-state index < -0.39 is 68.2 Å². The number of carbonyl (C=O) groups excluding carboxylic acids is 2. The number of nitrogens with one attached hydrogen (secondary N) is 1. The fraction of sp³-hybridized carbons (Fsp3) is 0.484. The number of piperidine rings is 1. The molecule has 6 rings (SSSR count). The van der Waals surface area contributed by atoms with Crippen molar-refractivity contribution in [1.82, 2.24) is 20.4 Å². The first-order chi connectivity index (χ1) is 22.0. The Labute approximate surface area is 274 Å². The number of hydrogen-bond acceptors (Lipinski definition) is 9. The highest BCUT2D eigenvalue weighted by Gasteiger charge is 2.47. The summed E-state index contributed by atoms with van der Waals surface area (Å²) in [7, 11) is -4.39. The van der Waals surface area contributed by atoms with Gasteiger partial charge < -0.3 is 19.4 Å². The van der Waals surface area contributed by atoms with Crippen molar-refractivity contribution < 1.29 is 40.3 Å². The lowest BCUT2D eigenvalue weighted by Crippen LogP contribution is -2.51. The van der Waals surface area contributed by atoms with Gasteiger partial charge in [-0.2, -0.15) is 0 Å². The molecule has 3 heterocycles. The lowest BCUT2D eigenvalue weighted by atomic mass is 9.95. The molecule has 16 heteroatoms. The number of halogens is 4. The zero-order valence-corrected chi connectivity index (χ0v) is 27.4. The summed E-state index contributed by atoms with van der Waals surface area (Å²) in [4.78, 5) is 29.0. The van der Waals surface area contributed by atoms with E-state index in [1.54, 1.807) is 49.9 Å². The van der Waals surface area contributed by atoms with E-state index in [-0.39, 0.29) is 48.7 Å². The van der Waals surface area contributed by atoms with Crippen LogP contribution in [0.3, 0.4) is 0 Å². The van der Waals surface area contributed by atoms with Crippen LogP contribution < -0.4 is 10.2 Å². The molecule has 1 saturated heterocycles. The fourth-order valence-electron chi connectivity index (χ4n) is 5.87. The number of ether oxygens (including phenoxy) is 1. The first kappa shape index (κ1) is 33.2. The number of aromatic nitrogens is 2. The van der Waals surface area contributed by atoms with Crippen LogP contribution in [-0.4, -0.2) is 78.0 Å². The standard InChI is InChI=1S/C31H33ClF3N5O6S/c1-30(2,3)46-29(42)36-23-15-47(43,44)25-11-22(33)21(10-24(25)40(28(23)41)13-17-4-6-19(32)7-5-17)27-38-37-26(45-27)18-12-31(34,35)16-39(14-18)20-8-9-20/h4-7,10-11,18,20,23H,8-9,12-16H2,1-3H3,(H,36,42)/t18?,23-/m0/s1. The van der Waals surface area contributed by atoms with Gasteiger partial charge in [0.1, 0.15) is 17.5 Å². The topological polar surface area (TPSA) is 135 Å². The van der Waals surface area contributed by atoms with Gasteiger partial charge in [-0.3, -0.25) is 9.69 Å². The highest BCUT2D eigenvalue weighted by atomic mass is 35.5. The number of benzene rings is 2. The molecule has 0 spiro atoms. The van der Waals surface area contributed by atoms with Gasteiger partial charge in [0, 0.05) is 24.0 Å². The van der Waals surface area contributed by atoms with Gasteiger partial charge in [0.15, 0.2) is 9.84 Å². The van der Waals surface area contributed by atoms with E-state index in [2.05, 4.69) is 15.5 Å². The summed E-state index contributed by atoms with van der Waals surface area (Å²) in [6, 6.07) is 6.78. The maximum atomic E-state index is 15.8. The van der Waals surface area contributed by atoms with Crippen LogP contribution in [0.4, 0.5) is 23.7 Å². The first-order valence-electron chi connectivity index (χ1n) is 15.1. The largest absolute Gasteiger partial charge is 0.444 e. The second kappa shape index (κ2) is 12.1. The summed E-state index contributed by atoms with van der Waals surface area (Å²) in [6.07, 6.45) is 0.140. The van der Waals surface area contributed by atoms with Crippen LogP contribution in [0, 0.1) is 5.82 Å². The minimum Gasteiger partial charge on any atom is -0.444 e. The first-order valence-corrected chi connectivity index (χ1v) is 17.1. The van der Waals surface area contributed by atoms with Crippen molar-refractivity contribution >= 4 is 39.1 Å². The monoisotopic (exact) mass is 695 g/mol. The average molecular weight is 696 g/mol. The van der Waals surface area contributed by atoms with Crippen molar-refractivity contribution in [2.75, 3.05) is 23.7 Å². The minimum absolute atomic E-state index is 0.0767. The van der Waals surface area contributed by atoms with Gasteiger partial charge in [0.25, 0.3) is 17.7 Å². The van der Waals surface area contributed by atoms with E-state index in [1.165, 1.54) is 0 Å². The Balaban J connectivity index is 1.39. The SMILES string of the molecule is CC(C)(C)OC(=O)N[C@H]1CS(=O)(=O)c2cc(F)c(-c3nnc(C4CN(C5CC5)CC(F)(F)C4)o3)cc2N(Cc2ccc(Cl)cc2)C1=O. The lowest BCUT2D eigenvalue weighted by molar-refractivity contribution is -0.120. The summed E-state index contributed by atoms with van der Waals surface area (Å²) in [5, 5.41) is 10.7. The van der Waals surface area contributed by atoms with E-state index in [0.29, 0.717) is 10.6 Å². The van der Waals surface area contributed by atoms with Crippen LogP contribution in [0.5, 0.6) is 0 Å². The van der Waals surface area contributed by atoms with E-state index in [0.717, 1.165) is 29.9 Å². The number of nitrogens with zero attached hydrogens (tertiary/aromatic N) is 4. The molecule has 3 aliphatic rings. The molecule has 2 fully saturated rings. The Bertz CT molecular complexity index is 1810. The predicted molar refractivity (Wildman–Crippen MR) is 164 cm³/mol. The number of alkyl carbamates (subject to hydrolysis) is 1. The molecule has 47 heavy (non-hydrogen) atoms. The zero-order chi connectivity index (χ0) is 33.9. The molecule has 1 aliphatic carbocycles. The van der Waals surface area contributed by atoms with Gasteiger partial charge in [0.05, 0.1) is 40.9 Å². The summed E-state index contributed by atoms with van der Waals surface area (Å²) >= 11 is 6.04. The Hall–Kier alpha value is -3.69. The smallest absolute Gasteiger partial charge is 0.408 e. The minimum atomic E-state index is -4.39. The van der Waals surface area contributed by atoms with Gasteiger partial charge >= 0.3 is 6.09 Å². The molecule has 1 aromatic heterocycles. The van der Waals surface area contributed by atoms with Crippen LogP contribution in [-0.2, 0) is 25.9 Å². The van der Waals surface area contributed by atoms with E-state index >= 15 is 4.39 Å². The summed E-state index contributed by atoms with van der Waals surface area (Å²) in [5.41, 5.74) is -0.910. The number of carbonyl (C=O) groups is 2. The molecular formula is C31H33ClF3N5O6S. The number of rotatable bonds is 6. The number of sulfone groups is 1. The van der Waals surface area contributed by atoms with Gasteiger partial charge in [0.2, 0.25) is 5.89 Å². The van der Waals surface area contributed by atoms with Crippen LogP contribution >= 0.6 is 11.6 Å². The van der Waals surface area contributed by atoms with Gasteiger partial charge in [-0.15, -0.1) is 10.2 Å². The summed E-state index contributed by atoms with van der Waals surface area (Å²) in [6.45, 7) is 4.57. The number of anilines is 1.